The summed E-state index contributed by atoms with van der Waals surface area (Å²) >= 11 is 0.339. The first-order chi connectivity index (χ1) is 5.24. The zero-order valence-electron chi connectivity index (χ0n) is 5.48. The van der Waals surface area contributed by atoms with Gasteiger partial charge in [-0.25, -0.2) is 14.0 Å². The maximum atomic E-state index is 10.3. The Balaban J connectivity index is 2.83. The van der Waals surface area contributed by atoms with Crippen LogP contribution in [0.2, 0.25) is 0 Å². The van der Waals surface area contributed by atoms with Gasteiger partial charge in [0, 0.05) is 12.6 Å². The second-order valence-electron chi connectivity index (χ2n) is 1.91. The van der Waals surface area contributed by atoms with E-state index in [-0.39, 0.29) is 5.70 Å². The number of hydrogen-bond acceptors (Lipinski definition) is 3. The van der Waals surface area contributed by atoms with Crippen molar-refractivity contribution in [3.8, 4) is 0 Å². The van der Waals surface area contributed by atoms with Crippen LogP contribution >= 0.6 is 0 Å². The van der Waals surface area contributed by atoms with E-state index in [1.807, 2.05) is 0 Å². The number of nitrogens with zero attached hydrogens (tertiary/aromatic N) is 1. The second-order valence-corrected chi connectivity index (χ2v) is 2.60. The van der Waals surface area contributed by atoms with Crippen molar-refractivity contribution in [1.29, 1.82) is 0 Å². The third-order valence-electron chi connectivity index (χ3n) is 1.17. The Morgan fingerprint density at radius 2 is 2.45 bits per heavy atom. The standard InChI is InChI=1S/C6H5NO3S/c8-6(9)5-2-1-4(11-10)3-7-5/h2-3H,1H2,(H,8,9). The highest BCUT2D eigenvalue weighted by atomic mass is 32.1. The van der Waals surface area contributed by atoms with Gasteiger partial charge in [0.2, 0.25) is 0 Å². The number of carboxylic acids is 1. The Morgan fingerprint density at radius 3 is 2.82 bits per heavy atom. The number of aliphatic imine (C=N–C) groups is 1. The fourth-order valence-electron chi connectivity index (χ4n) is 0.642. The molecule has 0 saturated heterocycles. The molecule has 0 aromatic heterocycles. The summed E-state index contributed by atoms with van der Waals surface area (Å²) in [7, 11) is 0. The van der Waals surface area contributed by atoms with Crippen molar-refractivity contribution in [1.82, 2.24) is 0 Å². The molecule has 4 nitrogen and oxygen atoms in total. The van der Waals surface area contributed by atoms with Gasteiger partial charge in [0.25, 0.3) is 0 Å². The van der Waals surface area contributed by atoms with Gasteiger partial charge in [0.15, 0.2) is 0 Å². The summed E-state index contributed by atoms with van der Waals surface area (Å²) < 4.78 is 10.2. The van der Waals surface area contributed by atoms with E-state index in [4.69, 9.17) is 5.11 Å². The molecule has 0 amide bonds. The molecule has 0 bridgehead atoms. The molecule has 1 N–H and O–H groups in total. The molecule has 1 heterocycles. The Bertz CT molecular complexity index is 299. The molecule has 0 aliphatic carbocycles. The van der Waals surface area contributed by atoms with Gasteiger partial charge in [0.05, 0.1) is 16.1 Å². The molecule has 1 aliphatic heterocycles. The molecule has 1 aliphatic rings. The van der Waals surface area contributed by atoms with Crippen LogP contribution in [0, 0.1) is 0 Å². The lowest BCUT2D eigenvalue weighted by Gasteiger charge is -1.99. The van der Waals surface area contributed by atoms with E-state index in [2.05, 4.69) is 4.99 Å². The van der Waals surface area contributed by atoms with Crippen LogP contribution in [0.25, 0.3) is 0 Å². The number of hydrogen-bond donors (Lipinski definition) is 1. The highest BCUT2D eigenvalue weighted by Crippen LogP contribution is 2.03. The molecule has 0 spiro atoms. The maximum Gasteiger partial charge on any atom is 0.354 e. The fourth-order valence-corrected chi connectivity index (χ4v) is 0.889. The van der Waals surface area contributed by atoms with Crippen molar-refractivity contribution >= 4 is 28.3 Å². The van der Waals surface area contributed by atoms with Crippen molar-refractivity contribution in [2.45, 2.75) is 6.42 Å². The molecule has 0 atom stereocenters. The first kappa shape index (κ1) is 7.87. The van der Waals surface area contributed by atoms with Gasteiger partial charge in [-0.15, -0.1) is 0 Å². The molecule has 0 saturated carbocycles. The predicted molar refractivity (Wildman–Crippen MR) is 42.0 cm³/mol. The minimum atomic E-state index is -1.06. The Labute approximate surface area is 66.3 Å². The number of rotatable bonds is 1. The van der Waals surface area contributed by atoms with E-state index in [0.29, 0.717) is 22.5 Å². The average molecular weight is 171 g/mol. The molecule has 11 heavy (non-hydrogen) atoms. The third kappa shape index (κ3) is 1.84. The molecule has 0 fully saturated rings. The topological polar surface area (TPSA) is 66.7 Å². The molecule has 0 unspecified atom stereocenters. The lowest BCUT2D eigenvalue weighted by atomic mass is 10.2. The van der Waals surface area contributed by atoms with E-state index < -0.39 is 5.97 Å². The van der Waals surface area contributed by atoms with E-state index in [9.17, 15) is 9.00 Å². The Hall–Kier alpha value is -1.23. The lowest BCUT2D eigenvalue weighted by Crippen LogP contribution is -2.08. The van der Waals surface area contributed by atoms with Crippen LogP contribution in [-0.4, -0.2) is 26.4 Å². The summed E-state index contributed by atoms with van der Waals surface area (Å²) in [6.07, 6.45) is 3.09. The van der Waals surface area contributed by atoms with Crippen LogP contribution in [0.4, 0.5) is 0 Å². The Morgan fingerprint density at radius 1 is 1.73 bits per heavy atom. The van der Waals surface area contributed by atoms with Gasteiger partial charge in [-0.2, -0.15) is 0 Å². The number of aliphatic carboxylic acids is 1. The van der Waals surface area contributed by atoms with Crippen LogP contribution in [0.15, 0.2) is 16.8 Å². The largest absolute Gasteiger partial charge is 0.477 e. The van der Waals surface area contributed by atoms with Crippen molar-refractivity contribution in [2.24, 2.45) is 4.99 Å². The van der Waals surface area contributed by atoms with Crippen LogP contribution in [-0.2, 0) is 16.1 Å². The maximum absolute atomic E-state index is 10.3. The highest BCUT2D eigenvalue weighted by molar-refractivity contribution is 7.68. The van der Waals surface area contributed by atoms with Crippen molar-refractivity contribution < 1.29 is 14.1 Å². The van der Waals surface area contributed by atoms with Crippen molar-refractivity contribution in [3.63, 3.8) is 0 Å². The predicted octanol–water partition coefficient (Wildman–Crippen LogP) is -0.185. The monoisotopic (exact) mass is 171 g/mol. The molecule has 0 aromatic carbocycles. The molecule has 58 valence electrons. The normalized spacial score (nSPS) is 16.0. The smallest absolute Gasteiger partial charge is 0.354 e. The zero-order valence-corrected chi connectivity index (χ0v) is 6.30. The van der Waals surface area contributed by atoms with Crippen LogP contribution in [0.5, 0.6) is 0 Å². The van der Waals surface area contributed by atoms with E-state index in [1.165, 1.54) is 12.3 Å². The average Bonchev–Trinajstić information content (AvgIpc) is 2.05. The van der Waals surface area contributed by atoms with Crippen LogP contribution in [0.1, 0.15) is 6.42 Å². The summed E-state index contributed by atoms with van der Waals surface area (Å²) in [5.74, 6) is -1.06. The van der Waals surface area contributed by atoms with Crippen LogP contribution < -0.4 is 0 Å². The summed E-state index contributed by atoms with van der Waals surface area (Å²) in [6, 6.07) is 0. The summed E-state index contributed by atoms with van der Waals surface area (Å²) in [6.45, 7) is 0. The first-order valence-electron chi connectivity index (χ1n) is 2.87. The van der Waals surface area contributed by atoms with Crippen LogP contribution in [0.3, 0.4) is 0 Å². The summed E-state index contributed by atoms with van der Waals surface area (Å²) in [4.78, 5) is 14.4. The first-order valence-corrected chi connectivity index (χ1v) is 3.61. The van der Waals surface area contributed by atoms with E-state index in [1.54, 1.807) is 0 Å². The third-order valence-corrected chi connectivity index (χ3v) is 1.66. The zero-order chi connectivity index (χ0) is 8.27. The Kier molecular flexibility index (Phi) is 2.32. The van der Waals surface area contributed by atoms with Gasteiger partial charge in [-0.3, -0.25) is 0 Å². The lowest BCUT2D eigenvalue weighted by molar-refractivity contribution is -0.132. The molecular weight excluding hydrogens is 166 g/mol. The minimum Gasteiger partial charge on any atom is -0.477 e. The SMILES string of the molecule is O=S=C1C=NC(C(=O)O)=CC1. The molecule has 0 radical (unpaired) electrons. The van der Waals surface area contributed by atoms with Gasteiger partial charge < -0.3 is 5.11 Å². The number of carboxylic acid groups (broad SMARTS) is 1. The van der Waals surface area contributed by atoms with Gasteiger partial charge in [-0.1, -0.05) is 0 Å². The molecule has 1 rings (SSSR count). The highest BCUT2D eigenvalue weighted by Gasteiger charge is 2.08. The van der Waals surface area contributed by atoms with E-state index in [0.717, 1.165) is 0 Å². The van der Waals surface area contributed by atoms with Gasteiger partial charge >= 0.3 is 5.97 Å². The summed E-state index contributed by atoms with van der Waals surface area (Å²) in [5.41, 5.74) is 0.00259. The van der Waals surface area contributed by atoms with Gasteiger partial charge in [0.1, 0.15) is 5.70 Å². The quantitative estimate of drug-likeness (QED) is 0.556. The fraction of sp³-hybridized carbons (Fsp3) is 0.167. The molecule has 0 aromatic rings. The number of carbonyl (C=O) groups is 1. The second kappa shape index (κ2) is 3.25. The van der Waals surface area contributed by atoms with E-state index >= 15 is 0 Å². The minimum absolute atomic E-state index is 0.00259. The molecule has 5 heteroatoms. The van der Waals surface area contributed by atoms with Crippen molar-refractivity contribution in [3.05, 3.63) is 11.8 Å². The summed E-state index contributed by atoms with van der Waals surface area (Å²) in [5, 5.41) is 8.42. The van der Waals surface area contributed by atoms with Gasteiger partial charge in [-0.05, 0) is 6.08 Å². The molecular formula is C6H5NO3S. The number of allylic oxidation sites excluding steroid dienone is 1. The van der Waals surface area contributed by atoms with Crippen molar-refractivity contribution in [2.75, 3.05) is 0 Å².